The predicted octanol–water partition coefficient (Wildman–Crippen LogP) is 2.28. The molecule has 62 valence electrons. The molecule has 0 aromatic heterocycles. The maximum Gasteiger partial charge on any atom is 0.132 e. The van der Waals surface area contributed by atoms with Crippen molar-refractivity contribution in [3.63, 3.8) is 0 Å². The number of rotatable bonds is 3. The van der Waals surface area contributed by atoms with Gasteiger partial charge in [-0.1, -0.05) is 24.8 Å². The lowest BCUT2D eigenvalue weighted by Gasteiger charge is -2.04. The standard InChI is InChI=1S/C10H10O2/c1-2-11-9-6-4-3-5-8(9)10-7-12-10/h2-6,10H,1,7H2. The smallest absolute Gasteiger partial charge is 0.132 e. The van der Waals surface area contributed by atoms with E-state index in [1.54, 1.807) is 0 Å². The van der Waals surface area contributed by atoms with Crippen molar-refractivity contribution in [2.75, 3.05) is 6.61 Å². The van der Waals surface area contributed by atoms with Crippen LogP contribution in [0.15, 0.2) is 37.1 Å². The summed E-state index contributed by atoms with van der Waals surface area (Å²) in [4.78, 5) is 0. The molecule has 1 aromatic rings. The van der Waals surface area contributed by atoms with Gasteiger partial charge >= 0.3 is 0 Å². The molecule has 0 spiro atoms. The Kier molecular flexibility index (Phi) is 1.84. The summed E-state index contributed by atoms with van der Waals surface area (Å²) in [6.07, 6.45) is 1.67. The third kappa shape index (κ3) is 1.34. The van der Waals surface area contributed by atoms with E-state index < -0.39 is 0 Å². The third-order valence-corrected chi connectivity index (χ3v) is 1.81. The van der Waals surface area contributed by atoms with E-state index in [0.717, 1.165) is 17.9 Å². The topological polar surface area (TPSA) is 21.8 Å². The molecule has 2 nitrogen and oxygen atoms in total. The summed E-state index contributed by atoms with van der Waals surface area (Å²) in [7, 11) is 0. The molecule has 1 unspecified atom stereocenters. The quantitative estimate of drug-likeness (QED) is 0.502. The minimum Gasteiger partial charge on any atom is -0.465 e. The van der Waals surface area contributed by atoms with Gasteiger partial charge in [0.1, 0.15) is 11.9 Å². The monoisotopic (exact) mass is 162 g/mol. The van der Waals surface area contributed by atoms with Gasteiger partial charge in [0.25, 0.3) is 0 Å². The van der Waals surface area contributed by atoms with Crippen molar-refractivity contribution >= 4 is 0 Å². The van der Waals surface area contributed by atoms with Gasteiger partial charge in [0.05, 0.1) is 12.9 Å². The minimum absolute atomic E-state index is 0.237. The van der Waals surface area contributed by atoms with Crippen LogP contribution < -0.4 is 4.74 Å². The van der Waals surface area contributed by atoms with Gasteiger partial charge in [-0.25, -0.2) is 0 Å². The first-order chi connectivity index (χ1) is 5.92. The fraction of sp³-hybridized carbons (Fsp3) is 0.200. The van der Waals surface area contributed by atoms with E-state index in [0.29, 0.717) is 0 Å². The Morgan fingerprint density at radius 2 is 2.25 bits per heavy atom. The maximum absolute atomic E-state index is 5.22. The largest absolute Gasteiger partial charge is 0.465 e. The predicted molar refractivity (Wildman–Crippen MR) is 46.0 cm³/mol. The normalized spacial score (nSPS) is 20.2. The Morgan fingerprint density at radius 3 is 2.92 bits per heavy atom. The van der Waals surface area contributed by atoms with Gasteiger partial charge in [0.15, 0.2) is 0 Å². The molecule has 12 heavy (non-hydrogen) atoms. The molecular formula is C10H10O2. The Labute approximate surface area is 71.4 Å². The highest BCUT2D eigenvalue weighted by Crippen LogP contribution is 2.35. The number of para-hydroxylation sites is 1. The molecule has 0 N–H and O–H groups in total. The van der Waals surface area contributed by atoms with Crippen molar-refractivity contribution in [2.45, 2.75) is 6.10 Å². The molecule has 0 radical (unpaired) electrons. The average Bonchev–Trinajstić information content (AvgIpc) is 2.89. The number of epoxide rings is 1. The van der Waals surface area contributed by atoms with Gasteiger partial charge in [-0.3, -0.25) is 0 Å². The van der Waals surface area contributed by atoms with E-state index in [2.05, 4.69) is 6.58 Å². The van der Waals surface area contributed by atoms with Crippen LogP contribution in [0.4, 0.5) is 0 Å². The third-order valence-electron chi connectivity index (χ3n) is 1.81. The molecule has 1 aliphatic heterocycles. The SMILES string of the molecule is C=COc1ccccc1C1CO1. The zero-order valence-electron chi connectivity index (χ0n) is 6.69. The van der Waals surface area contributed by atoms with Gasteiger partial charge in [-0.05, 0) is 6.07 Å². The Bertz CT molecular complexity index is 290. The molecule has 0 saturated carbocycles. The van der Waals surface area contributed by atoms with Crippen LogP contribution in [0.3, 0.4) is 0 Å². The number of hydrogen-bond donors (Lipinski definition) is 0. The van der Waals surface area contributed by atoms with Gasteiger partial charge in [0.2, 0.25) is 0 Å². The second kappa shape index (κ2) is 2.99. The van der Waals surface area contributed by atoms with Crippen LogP contribution in [-0.4, -0.2) is 6.61 Å². The number of ether oxygens (including phenoxy) is 2. The summed E-state index contributed by atoms with van der Waals surface area (Å²) in [5.74, 6) is 0.843. The Morgan fingerprint density at radius 1 is 1.50 bits per heavy atom. The molecule has 1 heterocycles. The van der Waals surface area contributed by atoms with E-state index in [1.807, 2.05) is 24.3 Å². The van der Waals surface area contributed by atoms with Crippen LogP contribution in [0.1, 0.15) is 11.7 Å². The van der Waals surface area contributed by atoms with Crippen LogP contribution in [0.2, 0.25) is 0 Å². The fourth-order valence-electron chi connectivity index (χ4n) is 1.17. The van der Waals surface area contributed by atoms with Crippen molar-refractivity contribution < 1.29 is 9.47 Å². The van der Waals surface area contributed by atoms with Gasteiger partial charge < -0.3 is 9.47 Å². The molecule has 0 amide bonds. The Balaban J connectivity index is 2.29. The molecule has 2 heteroatoms. The zero-order valence-corrected chi connectivity index (χ0v) is 6.69. The number of benzene rings is 1. The molecule has 1 aliphatic rings. The highest BCUT2D eigenvalue weighted by molar-refractivity contribution is 5.37. The van der Waals surface area contributed by atoms with Crippen molar-refractivity contribution in [1.29, 1.82) is 0 Å². The summed E-state index contributed by atoms with van der Waals surface area (Å²) in [5.41, 5.74) is 1.11. The molecule has 2 rings (SSSR count). The van der Waals surface area contributed by atoms with Gasteiger partial charge in [0, 0.05) is 5.56 Å². The van der Waals surface area contributed by atoms with Crippen molar-refractivity contribution in [1.82, 2.24) is 0 Å². The first-order valence-corrected chi connectivity index (χ1v) is 3.90. The van der Waals surface area contributed by atoms with Crippen molar-refractivity contribution in [2.24, 2.45) is 0 Å². The molecule has 1 fully saturated rings. The molecule has 1 atom stereocenters. The first-order valence-electron chi connectivity index (χ1n) is 3.90. The second-order valence-corrected chi connectivity index (χ2v) is 2.64. The van der Waals surface area contributed by atoms with E-state index in [1.165, 1.54) is 6.26 Å². The molecule has 0 aliphatic carbocycles. The minimum atomic E-state index is 0.237. The maximum atomic E-state index is 5.22. The summed E-state index contributed by atoms with van der Waals surface area (Å²) in [6, 6.07) is 7.84. The zero-order chi connectivity index (χ0) is 8.39. The van der Waals surface area contributed by atoms with Crippen molar-refractivity contribution in [3.05, 3.63) is 42.7 Å². The molecule has 0 bridgehead atoms. The van der Waals surface area contributed by atoms with Crippen LogP contribution in [0, 0.1) is 0 Å². The summed E-state index contributed by atoms with van der Waals surface area (Å²) in [6.45, 7) is 4.32. The fourth-order valence-corrected chi connectivity index (χ4v) is 1.17. The molecule has 1 saturated heterocycles. The summed E-state index contributed by atoms with van der Waals surface area (Å²) < 4.78 is 10.4. The van der Waals surface area contributed by atoms with E-state index in [9.17, 15) is 0 Å². The van der Waals surface area contributed by atoms with Gasteiger partial charge in [-0.2, -0.15) is 0 Å². The van der Waals surface area contributed by atoms with E-state index in [4.69, 9.17) is 9.47 Å². The summed E-state index contributed by atoms with van der Waals surface area (Å²) >= 11 is 0. The van der Waals surface area contributed by atoms with E-state index in [-0.39, 0.29) is 6.10 Å². The summed E-state index contributed by atoms with van der Waals surface area (Å²) in [5, 5.41) is 0. The molecule has 1 aromatic carbocycles. The number of hydrogen-bond acceptors (Lipinski definition) is 2. The van der Waals surface area contributed by atoms with Crippen LogP contribution >= 0.6 is 0 Å². The van der Waals surface area contributed by atoms with Gasteiger partial charge in [-0.15, -0.1) is 0 Å². The average molecular weight is 162 g/mol. The second-order valence-electron chi connectivity index (χ2n) is 2.64. The first kappa shape index (κ1) is 7.37. The highest BCUT2D eigenvalue weighted by atomic mass is 16.6. The van der Waals surface area contributed by atoms with Crippen LogP contribution in [-0.2, 0) is 4.74 Å². The lowest BCUT2D eigenvalue weighted by molar-refractivity contribution is 0.403. The Hall–Kier alpha value is -1.28. The lowest BCUT2D eigenvalue weighted by atomic mass is 10.1. The van der Waals surface area contributed by atoms with E-state index >= 15 is 0 Å². The lowest BCUT2D eigenvalue weighted by Crippen LogP contribution is -1.88. The van der Waals surface area contributed by atoms with Crippen LogP contribution in [0.25, 0.3) is 0 Å². The van der Waals surface area contributed by atoms with Crippen LogP contribution in [0.5, 0.6) is 5.75 Å². The van der Waals surface area contributed by atoms with Crippen molar-refractivity contribution in [3.8, 4) is 5.75 Å². The highest BCUT2D eigenvalue weighted by Gasteiger charge is 2.27. The molecular weight excluding hydrogens is 152 g/mol.